The zero-order chi connectivity index (χ0) is 12.1. The SMILES string of the molecule is O=C1C=CCC/C1=C\C(Br)=C\c1ccccc1. The average molecular weight is 289 g/mol. The van der Waals surface area contributed by atoms with Gasteiger partial charge >= 0.3 is 0 Å². The van der Waals surface area contributed by atoms with Crippen LogP contribution in [0.25, 0.3) is 6.08 Å². The molecular formula is C15H13BrO. The van der Waals surface area contributed by atoms with Gasteiger partial charge in [-0.05, 0) is 36.6 Å². The summed E-state index contributed by atoms with van der Waals surface area (Å²) in [5.74, 6) is 0.120. The second-order valence-electron chi connectivity index (χ2n) is 3.91. The third kappa shape index (κ3) is 3.53. The molecule has 0 radical (unpaired) electrons. The van der Waals surface area contributed by atoms with E-state index in [-0.39, 0.29) is 5.78 Å². The normalized spacial score (nSPS) is 18.8. The summed E-state index contributed by atoms with van der Waals surface area (Å²) in [5.41, 5.74) is 1.99. The van der Waals surface area contributed by atoms with Gasteiger partial charge in [0.15, 0.2) is 5.78 Å². The Balaban J connectivity index is 2.19. The summed E-state index contributed by atoms with van der Waals surface area (Å²) in [7, 11) is 0. The van der Waals surface area contributed by atoms with Gasteiger partial charge in [-0.3, -0.25) is 4.79 Å². The Bertz CT molecular complexity index is 495. The van der Waals surface area contributed by atoms with E-state index in [0.717, 1.165) is 28.5 Å². The number of benzene rings is 1. The number of hydrogen-bond acceptors (Lipinski definition) is 1. The van der Waals surface area contributed by atoms with E-state index in [0.29, 0.717) is 0 Å². The highest BCUT2D eigenvalue weighted by Crippen LogP contribution is 2.20. The van der Waals surface area contributed by atoms with Gasteiger partial charge in [0.1, 0.15) is 0 Å². The molecule has 17 heavy (non-hydrogen) atoms. The van der Waals surface area contributed by atoms with Crippen molar-refractivity contribution in [2.24, 2.45) is 0 Å². The average Bonchev–Trinajstić information content (AvgIpc) is 2.33. The van der Waals surface area contributed by atoms with Crippen molar-refractivity contribution in [2.45, 2.75) is 12.8 Å². The Morgan fingerprint density at radius 1 is 1.24 bits per heavy atom. The van der Waals surface area contributed by atoms with Crippen LogP contribution in [-0.4, -0.2) is 5.78 Å². The highest BCUT2D eigenvalue weighted by Gasteiger charge is 2.09. The number of carbonyl (C=O) groups excluding carboxylic acids is 1. The van der Waals surface area contributed by atoms with Gasteiger partial charge in [-0.1, -0.05) is 52.3 Å². The molecule has 0 saturated heterocycles. The van der Waals surface area contributed by atoms with E-state index in [1.54, 1.807) is 6.08 Å². The first-order valence-electron chi connectivity index (χ1n) is 5.59. The van der Waals surface area contributed by atoms with Crippen molar-refractivity contribution in [3.63, 3.8) is 0 Å². The quantitative estimate of drug-likeness (QED) is 0.743. The number of halogens is 1. The van der Waals surface area contributed by atoms with E-state index in [2.05, 4.69) is 15.9 Å². The van der Waals surface area contributed by atoms with Crippen LogP contribution >= 0.6 is 15.9 Å². The van der Waals surface area contributed by atoms with E-state index < -0.39 is 0 Å². The predicted molar refractivity (Wildman–Crippen MR) is 74.8 cm³/mol. The minimum atomic E-state index is 0.120. The summed E-state index contributed by atoms with van der Waals surface area (Å²) < 4.78 is 0.933. The first-order chi connectivity index (χ1) is 8.25. The molecule has 1 aromatic rings. The molecular weight excluding hydrogens is 276 g/mol. The lowest BCUT2D eigenvalue weighted by atomic mass is 9.99. The maximum absolute atomic E-state index is 11.6. The van der Waals surface area contributed by atoms with Crippen molar-refractivity contribution in [3.05, 3.63) is 64.2 Å². The Labute approximate surface area is 110 Å². The van der Waals surface area contributed by atoms with Gasteiger partial charge in [-0.25, -0.2) is 0 Å². The third-order valence-electron chi connectivity index (χ3n) is 2.58. The van der Waals surface area contributed by atoms with Crippen molar-refractivity contribution in [1.29, 1.82) is 0 Å². The highest BCUT2D eigenvalue weighted by atomic mass is 79.9. The van der Waals surface area contributed by atoms with Crippen molar-refractivity contribution >= 4 is 27.8 Å². The Morgan fingerprint density at radius 2 is 2.00 bits per heavy atom. The lowest BCUT2D eigenvalue weighted by Crippen LogP contribution is -2.02. The molecule has 2 rings (SSSR count). The Morgan fingerprint density at radius 3 is 2.71 bits per heavy atom. The number of hydrogen-bond donors (Lipinski definition) is 0. The maximum atomic E-state index is 11.6. The molecule has 1 aliphatic carbocycles. The van der Waals surface area contributed by atoms with Crippen LogP contribution < -0.4 is 0 Å². The fraction of sp³-hybridized carbons (Fsp3) is 0.133. The van der Waals surface area contributed by atoms with Crippen molar-refractivity contribution in [2.75, 3.05) is 0 Å². The van der Waals surface area contributed by atoms with Gasteiger partial charge in [0.2, 0.25) is 0 Å². The third-order valence-corrected chi connectivity index (χ3v) is 3.04. The van der Waals surface area contributed by atoms with E-state index in [1.807, 2.05) is 48.6 Å². The second-order valence-corrected chi connectivity index (χ2v) is 4.83. The summed E-state index contributed by atoms with van der Waals surface area (Å²) in [5, 5.41) is 0. The van der Waals surface area contributed by atoms with Crippen LogP contribution in [0.3, 0.4) is 0 Å². The minimum absolute atomic E-state index is 0.120. The molecule has 0 atom stereocenters. The molecule has 2 heteroatoms. The monoisotopic (exact) mass is 288 g/mol. The number of carbonyl (C=O) groups is 1. The molecule has 0 bridgehead atoms. The van der Waals surface area contributed by atoms with E-state index in [1.165, 1.54) is 0 Å². The highest BCUT2D eigenvalue weighted by molar-refractivity contribution is 9.12. The molecule has 0 aliphatic heterocycles. The van der Waals surface area contributed by atoms with Crippen molar-refractivity contribution in [1.82, 2.24) is 0 Å². The van der Waals surface area contributed by atoms with Gasteiger partial charge in [0.05, 0.1) is 0 Å². The largest absolute Gasteiger partial charge is 0.290 e. The Hall–Kier alpha value is -1.41. The Kier molecular flexibility index (Phi) is 4.10. The molecule has 0 spiro atoms. The zero-order valence-corrected chi connectivity index (χ0v) is 11.0. The maximum Gasteiger partial charge on any atom is 0.181 e. The lowest BCUT2D eigenvalue weighted by Gasteiger charge is -2.06. The van der Waals surface area contributed by atoms with Gasteiger partial charge in [0, 0.05) is 10.1 Å². The summed E-state index contributed by atoms with van der Waals surface area (Å²) in [4.78, 5) is 11.6. The second kappa shape index (κ2) is 5.78. The molecule has 1 nitrogen and oxygen atoms in total. The van der Waals surface area contributed by atoms with Crippen molar-refractivity contribution < 1.29 is 4.79 Å². The van der Waals surface area contributed by atoms with Crippen LogP contribution in [0.15, 0.2) is 58.6 Å². The van der Waals surface area contributed by atoms with E-state index in [4.69, 9.17) is 0 Å². The van der Waals surface area contributed by atoms with Crippen LogP contribution in [0, 0.1) is 0 Å². The van der Waals surface area contributed by atoms with Gasteiger partial charge in [-0.15, -0.1) is 0 Å². The molecule has 1 aromatic carbocycles. The number of rotatable bonds is 2. The molecule has 0 N–H and O–H groups in total. The fourth-order valence-electron chi connectivity index (χ4n) is 1.72. The fourth-order valence-corrected chi connectivity index (χ4v) is 2.26. The smallest absolute Gasteiger partial charge is 0.181 e. The van der Waals surface area contributed by atoms with Crippen LogP contribution in [0.5, 0.6) is 0 Å². The van der Waals surface area contributed by atoms with E-state index in [9.17, 15) is 4.79 Å². The molecule has 1 aliphatic rings. The first-order valence-corrected chi connectivity index (χ1v) is 6.39. The number of ketones is 1. The predicted octanol–water partition coefficient (Wildman–Crippen LogP) is 4.27. The summed E-state index contributed by atoms with van der Waals surface area (Å²) in [6, 6.07) is 10.0. The zero-order valence-electron chi connectivity index (χ0n) is 9.40. The van der Waals surface area contributed by atoms with Crippen LogP contribution in [0.4, 0.5) is 0 Å². The van der Waals surface area contributed by atoms with Crippen molar-refractivity contribution in [3.8, 4) is 0 Å². The molecule has 0 amide bonds. The minimum Gasteiger partial charge on any atom is -0.290 e. The molecule has 0 heterocycles. The van der Waals surface area contributed by atoms with Crippen LogP contribution in [0.1, 0.15) is 18.4 Å². The van der Waals surface area contributed by atoms with E-state index >= 15 is 0 Å². The van der Waals surface area contributed by atoms with Gasteiger partial charge in [0.25, 0.3) is 0 Å². The molecule has 0 unspecified atom stereocenters. The summed E-state index contributed by atoms with van der Waals surface area (Å²) in [6.07, 6.45) is 9.28. The number of allylic oxidation sites excluding steroid dienone is 5. The van der Waals surface area contributed by atoms with Gasteiger partial charge in [-0.2, -0.15) is 0 Å². The summed E-state index contributed by atoms with van der Waals surface area (Å²) in [6.45, 7) is 0. The molecule has 0 saturated carbocycles. The summed E-state index contributed by atoms with van der Waals surface area (Å²) >= 11 is 3.49. The lowest BCUT2D eigenvalue weighted by molar-refractivity contribution is -0.111. The van der Waals surface area contributed by atoms with Crippen LogP contribution in [-0.2, 0) is 4.79 Å². The standard InChI is InChI=1S/C15H13BrO/c16-14(10-12-6-2-1-3-7-12)11-13-8-4-5-9-15(13)17/h1-3,5-7,9-11H,4,8H2/b13-11+,14-10-. The first kappa shape index (κ1) is 12.1. The topological polar surface area (TPSA) is 17.1 Å². The molecule has 0 fully saturated rings. The van der Waals surface area contributed by atoms with Gasteiger partial charge < -0.3 is 0 Å². The van der Waals surface area contributed by atoms with Crippen LogP contribution in [0.2, 0.25) is 0 Å². The molecule has 0 aromatic heterocycles. The molecule has 86 valence electrons.